The van der Waals surface area contributed by atoms with Crippen molar-refractivity contribution in [2.45, 2.75) is 17.9 Å². The lowest BCUT2D eigenvalue weighted by Gasteiger charge is -2.15. The summed E-state index contributed by atoms with van der Waals surface area (Å²) in [4.78, 5) is 10.1. The predicted octanol–water partition coefficient (Wildman–Crippen LogP) is 3.79. The average molecular weight is 356 g/mol. The maximum atomic E-state index is 12.5. The summed E-state index contributed by atoms with van der Waals surface area (Å²) in [6.07, 6.45) is 0. The molecule has 7 heteroatoms. The summed E-state index contributed by atoms with van der Waals surface area (Å²) in [6, 6.07) is 18.0. The highest BCUT2D eigenvalue weighted by Crippen LogP contribution is 2.22. The number of nitrogens with zero attached hydrogens (tertiary/aromatic N) is 1. The topological polar surface area (TPSA) is 89.3 Å². The third-order valence-corrected chi connectivity index (χ3v) is 5.52. The second-order valence-electron chi connectivity index (χ2n) is 5.70. The number of nitrogens with one attached hydrogen (secondary N) is 1. The average Bonchev–Trinajstić information content (AvgIpc) is 2.61. The Hall–Kier alpha value is -2.77. The van der Waals surface area contributed by atoms with Crippen LogP contribution in [0.25, 0.3) is 10.8 Å². The first-order valence-electron chi connectivity index (χ1n) is 7.62. The molecule has 1 atom stereocenters. The van der Waals surface area contributed by atoms with E-state index in [2.05, 4.69) is 4.72 Å². The van der Waals surface area contributed by atoms with E-state index in [-0.39, 0.29) is 10.6 Å². The number of sulfonamides is 1. The Morgan fingerprint density at radius 1 is 0.960 bits per heavy atom. The van der Waals surface area contributed by atoms with Crippen LogP contribution in [0.15, 0.2) is 71.6 Å². The van der Waals surface area contributed by atoms with Gasteiger partial charge in [-0.3, -0.25) is 10.1 Å². The molecule has 0 saturated carbocycles. The highest BCUT2D eigenvalue weighted by atomic mass is 32.2. The lowest BCUT2D eigenvalue weighted by atomic mass is 10.0. The first kappa shape index (κ1) is 17.1. The molecule has 1 N–H and O–H groups in total. The van der Waals surface area contributed by atoms with Crippen LogP contribution in [0.1, 0.15) is 18.5 Å². The van der Waals surface area contributed by atoms with Crippen LogP contribution in [0.4, 0.5) is 5.69 Å². The second-order valence-corrected chi connectivity index (χ2v) is 7.41. The van der Waals surface area contributed by atoms with E-state index in [0.717, 1.165) is 16.3 Å². The van der Waals surface area contributed by atoms with Gasteiger partial charge in [0.1, 0.15) is 0 Å². The van der Waals surface area contributed by atoms with Gasteiger partial charge in [-0.05, 0) is 41.5 Å². The Bertz CT molecular complexity index is 1030. The van der Waals surface area contributed by atoms with Crippen LogP contribution in [0.2, 0.25) is 0 Å². The Morgan fingerprint density at radius 3 is 2.24 bits per heavy atom. The van der Waals surface area contributed by atoms with Crippen LogP contribution in [0, 0.1) is 10.1 Å². The number of nitro benzene ring substituents is 1. The minimum atomic E-state index is -3.78. The zero-order chi connectivity index (χ0) is 18.0. The molecule has 0 spiro atoms. The molecule has 25 heavy (non-hydrogen) atoms. The fourth-order valence-corrected chi connectivity index (χ4v) is 3.82. The number of nitro groups is 1. The number of benzene rings is 3. The molecule has 0 aliphatic rings. The summed E-state index contributed by atoms with van der Waals surface area (Å²) in [7, 11) is -3.78. The number of fused-ring (bicyclic) bond motifs is 1. The van der Waals surface area contributed by atoms with Gasteiger partial charge in [0.15, 0.2) is 0 Å². The molecule has 6 nitrogen and oxygen atoms in total. The summed E-state index contributed by atoms with van der Waals surface area (Å²) >= 11 is 0. The quantitative estimate of drug-likeness (QED) is 0.556. The first-order valence-corrected chi connectivity index (χ1v) is 9.10. The van der Waals surface area contributed by atoms with Gasteiger partial charge in [-0.25, -0.2) is 13.1 Å². The number of hydrogen-bond donors (Lipinski definition) is 1. The molecule has 0 aliphatic heterocycles. The fraction of sp³-hybridized carbons (Fsp3) is 0.111. The minimum Gasteiger partial charge on any atom is -0.258 e. The molecular formula is C18H16N2O4S. The summed E-state index contributed by atoms with van der Waals surface area (Å²) in [5.41, 5.74) is 0.686. The van der Waals surface area contributed by atoms with Crippen LogP contribution in [-0.4, -0.2) is 13.3 Å². The number of rotatable bonds is 5. The Balaban J connectivity index is 1.84. The molecule has 3 aromatic carbocycles. The molecule has 3 aromatic rings. The van der Waals surface area contributed by atoms with Gasteiger partial charge in [0.2, 0.25) is 10.0 Å². The summed E-state index contributed by atoms with van der Waals surface area (Å²) in [6.45, 7) is 1.76. The Kier molecular flexibility index (Phi) is 4.52. The molecule has 128 valence electrons. The molecule has 0 bridgehead atoms. The summed E-state index contributed by atoms with van der Waals surface area (Å²) in [5, 5.41) is 12.8. The first-order chi connectivity index (χ1) is 11.9. The van der Waals surface area contributed by atoms with Gasteiger partial charge in [-0.15, -0.1) is 0 Å². The maximum absolute atomic E-state index is 12.5. The molecule has 1 unspecified atom stereocenters. The van der Waals surface area contributed by atoms with Gasteiger partial charge in [-0.1, -0.05) is 36.4 Å². The predicted molar refractivity (Wildman–Crippen MR) is 95.8 cm³/mol. The molecule has 0 heterocycles. The maximum Gasteiger partial charge on any atom is 0.269 e. The van der Waals surface area contributed by atoms with Crippen molar-refractivity contribution in [3.63, 3.8) is 0 Å². The van der Waals surface area contributed by atoms with Crippen LogP contribution in [0.3, 0.4) is 0 Å². The standard InChI is InChI=1S/C18H16N2O4S/c1-13(15-7-6-14-4-2-3-5-16(14)12-15)19-25(23,24)18-10-8-17(9-11-18)20(21)22/h2-13,19H,1H3. The third-order valence-electron chi connectivity index (χ3n) is 3.96. The normalized spacial score (nSPS) is 12.8. The smallest absolute Gasteiger partial charge is 0.258 e. The molecule has 0 aliphatic carbocycles. The SMILES string of the molecule is CC(NS(=O)(=O)c1ccc([N+](=O)[O-])cc1)c1ccc2ccccc2c1. The Labute approximate surface area is 145 Å². The highest BCUT2D eigenvalue weighted by Gasteiger charge is 2.19. The van der Waals surface area contributed by atoms with Gasteiger partial charge >= 0.3 is 0 Å². The van der Waals surface area contributed by atoms with Gasteiger partial charge in [0.05, 0.1) is 9.82 Å². The van der Waals surface area contributed by atoms with Gasteiger partial charge in [-0.2, -0.15) is 0 Å². The molecule has 0 saturated heterocycles. The van der Waals surface area contributed by atoms with Crippen molar-refractivity contribution < 1.29 is 13.3 Å². The fourth-order valence-electron chi connectivity index (χ4n) is 2.59. The lowest BCUT2D eigenvalue weighted by molar-refractivity contribution is -0.384. The lowest BCUT2D eigenvalue weighted by Crippen LogP contribution is -2.26. The minimum absolute atomic E-state index is 0.00857. The van der Waals surface area contributed by atoms with Gasteiger partial charge < -0.3 is 0 Å². The zero-order valence-corrected chi connectivity index (χ0v) is 14.2. The second kappa shape index (κ2) is 6.62. The van der Waals surface area contributed by atoms with E-state index in [1.54, 1.807) is 6.92 Å². The molecule has 0 aromatic heterocycles. The summed E-state index contributed by atoms with van der Waals surface area (Å²) < 4.78 is 27.6. The van der Waals surface area contributed by atoms with Gasteiger partial charge in [0.25, 0.3) is 5.69 Å². The van der Waals surface area contributed by atoms with E-state index < -0.39 is 21.0 Å². The number of hydrogen-bond acceptors (Lipinski definition) is 4. The van der Waals surface area contributed by atoms with Crippen LogP contribution in [-0.2, 0) is 10.0 Å². The molecular weight excluding hydrogens is 340 g/mol. The Morgan fingerprint density at radius 2 is 1.60 bits per heavy atom. The summed E-state index contributed by atoms with van der Waals surface area (Å²) in [5.74, 6) is 0. The van der Waals surface area contributed by atoms with Crippen molar-refractivity contribution in [2.75, 3.05) is 0 Å². The molecule has 3 rings (SSSR count). The molecule has 0 amide bonds. The van der Waals surface area contributed by atoms with Gasteiger partial charge in [0, 0.05) is 18.2 Å². The van der Waals surface area contributed by atoms with E-state index in [0.29, 0.717) is 0 Å². The third kappa shape index (κ3) is 3.67. The zero-order valence-electron chi connectivity index (χ0n) is 13.4. The van der Waals surface area contributed by atoms with Crippen LogP contribution in [0.5, 0.6) is 0 Å². The van der Waals surface area contributed by atoms with E-state index in [4.69, 9.17) is 0 Å². The van der Waals surface area contributed by atoms with Crippen LogP contribution >= 0.6 is 0 Å². The largest absolute Gasteiger partial charge is 0.269 e. The van der Waals surface area contributed by atoms with Crippen molar-refractivity contribution in [1.29, 1.82) is 0 Å². The molecule has 0 fully saturated rings. The van der Waals surface area contributed by atoms with E-state index in [9.17, 15) is 18.5 Å². The van der Waals surface area contributed by atoms with E-state index in [1.807, 2.05) is 42.5 Å². The van der Waals surface area contributed by atoms with Crippen LogP contribution < -0.4 is 4.72 Å². The number of non-ortho nitro benzene ring substituents is 1. The highest BCUT2D eigenvalue weighted by molar-refractivity contribution is 7.89. The van der Waals surface area contributed by atoms with E-state index >= 15 is 0 Å². The monoisotopic (exact) mass is 356 g/mol. The van der Waals surface area contributed by atoms with Crippen molar-refractivity contribution in [2.24, 2.45) is 0 Å². The van der Waals surface area contributed by atoms with Crippen molar-refractivity contribution in [3.05, 3.63) is 82.4 Å². The van der Waals surface area contributed by atoms with Crippen molar-refractivity contribution in [3.8, 4) is 0 Å². The van der Waals surface area contributed by atoms with Crippen molar-refractivity contribution >= 4 is 26.5 Å². The van der Waals surface area contributed by atoms with E-state index in [1.165, 1.54) is 24.3 Å². The molecule has 0 radical (unpaired) electrons. The van der Waals surface area contributed by atoms with Crippen molar-refractivity contribution in [1.82, 2.24) is 4.72 Å².